The van der Waals surface area contributed by atoms with Crippen LogP contribution in [0.3, 0.4) is 0 Å². The normalized spacial score (nSPS) is 16.0. The number of aliphatic hydroxyl groups is 1. The van der Waals surface area contributed by atoms with E-state index in [1.165, 1.54) is 19.2 Å². The largest absolute Gasteiger partial charge is 0.395 e. The standard InChI is InChI=1S/C20H40F3N3O/c1-4-18(20(21,22)23)10-14-25-15-17-26(3)16-9-7-6-8-11-19(27,5-2)12-13-24/h10,14,18,25,27H,4-9,11-13,15-17,24H2,1-3H3/t18?,19-/m0/s1. The molecule has 0 aromatic heterocycles. The van der Waals surface area contributed by atoms with Gasteiger partial charge in [0.25, 0.3) is 0 Å². The van der Waals surface area contributed by atoms with Gasteiger partial charge in [0.05, 0.1) is 11.5 Å². The van der Waals surface area contributed by atoms with Crippen molar-refractivity contribution in [3.63, 3.8) is 0 Å². The van der Waals surface area contributed by atoms with E-state index in [9.17, 15) is 18.3 Å². The van der Waals surface area contributed by atoms with Crippen LogP contribution in [0.1, 0.15) is 65.2 Å². The van der Waals surface area contributed by atoms with E-state index in [1.54, 1.807) is 0 Å². The first-order valence-corrected chi connectivity index (χ1v) is 10.3. The Balaban J connectivity index is 3.74. The zero-order valence-electron chi connectivity index (χ0n) is 17.3. The van der Waals surface area contributed by atoms with Crippen molar-refractivity contribution in [3.05, 3.63) is 12.3 Å². The van der Waals surface area contributed by atoms with Crippen LogP contribution in [0, 0.1) is 5.92 Å². The van der Waals surface area contributed by atoms with Gasteiger partial charge in [0, 0.05) is 13.1 Å². The maximum atomic E-state index is 12.6. The highest BCUT2D eigenvalue weighted by Crippen LogP contribution is 2.29. The molecule has 0 amide bonds. The summed E-state index contributed by atoms with van der Waals surface area (Å²) in [6, 6.07) is 0. The molecule has 0 aromatic carbocycles. The van der Waals surface area contributed by atoms with E-state index >= 15 is 0 Å². The third-order valence-electron chi connectivity index (χ3n) is 5.14. The lowest BCUT2D eigenvalue weighted by Gasteiger charge is -2.26. The van der Waals surface area contributed by atoms with Gasteiger partial charge in [-0.05, 0) is 58.4 Å². The fourth-order valence-electron chi connectivity index (χ4n) is 3.05. The number of halogens is 3. The molecule has 4 N–H and O–H groups in total. The van der Waals surface area contributed by atoms with Crippen LogP contribution >= 0.6 is 0 Å². The lowest BCUT2D eigenvalue weighted by Crippen LogP contribution is -2.30. The summed E-state index contributed by atoms with van der Waals surface area (Å²) >= 11 is 0. The minimum absolute atomic E-state index is 0.0590. The molecule has 4 nitrogen and oxygen atoms in total. The van der Waals surface area contributed by atoms with Crippen molar-refractivity contribution >= 4 is 0 Å². The number of hydrogen-bond donors (Lipinski definition) is 3. The van der Waals surface area contributed by atoms with Gasteiger partial charge < -0.3 is 21.1 Å². The summed E-state index contributed by atoms with van der Waals surface area (Å²) in [6.45, 7) is 6.44. The monoisotopic (exact) mass is 395 g/mol. The number of nitrogens with one attached hydrogen (secondary N) is 1. The van der Waals surface area contributed by atoms with Crippen molar-refractivity contribution in [3.8, 4) is 0 Å². The predicted octanol–water partition coefficient (Wildman–Crippen LogP) is 4.05. The average Bonchev–Trinajstić information content (AvgIpc) is 2.60. The minimum atomic E-state index is -4.17. The van der Waals surface area contributed by atoms with Crippen molar-refractivity contribution in [1.29, 1.82) is 0 Å². The highest BCUT2D eigenvalue weighted by atomic mass is 19.4. The molecule has 162 valence electrons. The molecule has 0 saturated carbocycles. The SMILES string of the molecule is CCC(C=CNCCN(C)CCCCCC[C@@](O)(CC)CCN)C(F)(F)F. The van der Waals surface area contributed by atoms with Crippen LogP contribution in [-0.4, -0.2) is 55.0 Å². The highest BCUT2D eigenvalue weighted by Gasteiger charge is 2.36. The Morgan fingerprint density at radius 1 is 1.07 bits per heavy atom. The summed E-state index contributed by atoms with van der Waals surface area (Å²) in [5.41, 5.74) is 4.95. The van der Waals surface area contributed by atoms with Gasteiger partial charge in [0.15, 0.2) is 0 Å². The number of nitrogens with two attached hydrogens (primary N) is 1. The Morgan fingerprint density at radius 3 is 2.30 bits per heavy atom. The van der Waals surface area contributed by atoms with Crippen molar-refractivity contribution < 1.29 is 18.3 Å². The lowest BCUT2D eigenvalue weighted by molar-refractivity contribution is -0.161. The summed E-state index contributed by atoms with van der Waals surface area (Å²) in [4.78, 5) is 2.18. The first-order valence-electron chi connectivity index (χ1n) is 10.3. The molecule has 0 bridgehead atoms. The average molecular weight is 396 g/mol. The zero-order chi connectivity index (χ0) is 20.8. The maximum absolute atomic E-state index is 12.6. The van der Waals surface area contributed by atoms with Crippen molar-refractivity contribution in [2.45, 2.75) is 77.0 Å². The first-order chi connectivity index (χ1) is 12.7. The molecule has 27 heavy (non-hydrogen) atoms. The van der Waals surface area contributed by atoms with Crippen LogP contribution in [0.15, 0.2) is 12.3 Å². The zero-order valence-corrected chi connectivity index (χ0v) is 17.3. The predicted molar refractivity (Wildman–Crippen MR) is 106 cm³/mol. The number of unbranched alkanes of at least 4 members (excludes halogenated alkanes) is 3. The van der Waals surface area contributed by atoms with Crippen LogP contribution < -0.4 is 11.1 Å². The lowest BCUT2D eigenvalue weighted by atomic mass is 9.90. The molecule has 0 rings (SSSR count). The summed E-state index contributed by atoms with van der Waals surface area (Å²) in [7, 11) is 2.02. The molecule has 0 aliphatic carbocycles. The first kappa shape index (κ1) is 26.2. The van der Waals surface area contributed by atoms with Gasteiger partial charge in [-0.1, -0.05) is 39.2 Å². The van der Waals surface area contributed by atoms with Crippen LogP contribution in [0.2, 0.25) is 0 Å². The quantitative estimate of drug-likeness (QED) is 0.345. The van der Waals surface area contributed by atoms with Gasteiger partial charge in [-0.15, -0.1) is 0 Å². The Bertz CT molecular complexity index is 391. The van der Waals surface area contributed by atoms with E-state index in [0.29, 0.717) is 19.5 Å². The van der Waals surface area contributed by atoms with Gasteiger partial charge in [0.1, 0.15) is 0 Å². The molecule has 0 saturated heterocycles. The van der Waals surface area contributed by atoms with Gasteiger partial charge in [-0.2, -0.15) is 13.2 Å². The molecular formula is C20H40F3N3O. The highest BCUT2D eigenvalue weighted by molar-refractivity contribution is 4.90. The third-order valence-corrected chi connectivity index (χ3v) is 5.14. The number of hydrogen-bond acceptors (Lipinski definition) is 4. The van der Waals surface area contributed by atoms with E-state index in [-0.39, 0.29) is 6.42 Å². The second-order valence-electron chi connectivity index (χ2n) is 7.45. The summed E-state index contributed by atoms with van der Waals surface area (Å²) in [5, 5.41) is 13.3. The van der Waals surface area contributed by atoms with Crippen molar-refractivity contribution in [2.24, 2.45) is 11.7 Å². The summed E-state index contributed by atoms with van der Waals surface area (Å²) in [5.74, 6) is -1.38. The molecule has 7 heteroatoms. The molecular weight excluding hydrogens is 355 g/mol. The fourth-order valence-corrected chi connectivity index (χ4v) is 3.05. The van der Waals surface area contributed by atoms with E-state index in [0.717, 1.165) is 51.6 Å². The number of likely N-dealkylation sites (N-methyl/N-ethyl adjacent to an activating group) is 1. The molecule has 0 spiro atoms. The minimum Gasteiger partial charge on any atom is -0.390 e. The van der Waals surface area contributed by atoms with Crippen molar-refractivity contribution in [2.75, 3.05) is 33.2 Å². The van der Waals surface area contributed by atoms with Gasteiger partial charge in [0.2, 0.25) is 0 Å². The third kappa shape index (κ3) is 13.1. The number of allylic oxidation sites excluding steroid dienone is 1. The van der Waals surface area contributed by atoms with Crippen LogP contribution in [0.4, 0.5) is 13.2 Å². The van der Waals surface area contributed by atoms with Crippen LogP contribution in [0.25, 0.3) is 0 Å². The Hall–Kier alpha value is -0.790. The molecule has 1 unspecified atom stereocenters. The molecule has 0 radical (unpaired) electrons. The van der Waals surface area contributed by atoms with E-state index < -0.39 is 17.7 Å². The summed E-state index contributed by atoms with van der Waals surface area (Å²) in [6.07, 6.45) is 5.03. The second-order valence-corrected chi connectivity index (χ2v) is 7.45. The van der Waals surface area contributed by atoms with E-state index in [1.807, 2.05) is 14.0 Å². The number of rotatable bonds is 16. The topological polar surface area (TPSA) is 61.5 Å². The second kappa shape index (κ2) is 14.2. The summed E-state index contributed by atoms with van der Waals surface area (Å²) < 4.78 is 37.8. The molecule has 0 aliphatic heterocycles. The Kier molecular flexibility index (Phi) is 13.8. The Labute approximate surface area is 163 Å². The van der Waals surface area contributed by atoms with E-state index in [4.69, 9.17) is 5.73 Å². The number of alkyl halides is 3. The van der Waals surface area contributed by atoms with Gasteiger partial charge in [-0.25, -0.2) is 0 Å². The Morgan fingerprint density at radius 2 is 1.74 bits per heavy atom. The molecule has 0 aromatic rings. The van der Waals surface area contributed by atoms with Gasteiger partial charge in [-0.3, -0.25) is 0 Å². The molecule has 0 heterocycles. The van der Waals surface area contributed by atoms with Crippen LogP contribution in [-0.2, 0) is 0 Å². The molecule has 0 fully saturated rings. The van der Waals surface area contributed by atoms with Gasteiger partial charge >= 0.3 is 6.18 Å². The maximum Gasteiger partial charge on any atom is 0.395 e. The van der Waals surface area contributed by atoms with E-state index in [2.05, 4.69) is 10.2 Å². The smallest absolute Gasteiger partial charge is 0.390 e. The molecule has 2 atom stereocenters. The number of nitrogens with zero attached hydrogens (tertiary/aromatic N) is 1. The van der Waals surface area contributed by atoms with Crippen molar-refractivity contribution in [1.82, 2.24) is 10.2 Å². The van der Waals surface area contributed by atoms with Crippen LogP contribution in [0.5, 0.6) is 0 Å². The molecule has 0 aliphatic rings. The fraction of sp³-hybridized carbons (Fsp3) is 0.900.